The third kappa shape index (κ3) is 4.64. The van der Waals surface area contributed by atoms with E-state index in [1.807, 2.05) is 53.5 Å². The average Bonchev–Trinajstić information content (AvgIpc) is 2.96. The Morgan fingerprint density at radius 3 is 2.90 bits per heavy atom. The topological polar surface area (TPSA) is 39.1 Å². The van der Waals surface area contributed by atoms with Crippen LogP contribution >= 0.6 is 0 Å². The fourth-order valence-corrected chi connectivity index (χ4v) is 1.82. The zero-order chi connectivity index (χ0) is 14.0. The smallest absolute Gasteiger partial charge is 0.0645 e. The molecular formula is C16H21N3O. The molecule has 0 saturated carbocycles. The lowest BCUT2D eigenvalue weighted by Gasteiger charge is -2.04. The molecule has 0 aliphatic heterocycles. The molecule has 0 amide bonds. The Morgan fingerprint density at radius 1 is 1.25 bits per heavy atom. The van der Waals surface area contributed by atoms with E-state index < -0.39 is 0 Å². The van der Waals surface area contributed by atoms with Crippen LogP contribution in [0.1, 0.15) is 12.0 Å². The highest BCUT2D eigenvalue weighted by Crippen LogP contribution is 2.07. The highest BCUT2D eigenvalue weighted by molar-refractivity contribution is 5.30. The number of nitrogens with zero attached hydrogens (tertiary/aromatic N) is 2. The SMILES string of the molecule is C=CCCOCCNCc1cnn(-c2ccccc2)c1. The normalized spacial score (nSPS) is 10.6. The summed E-state index contributed by atoms with van der Waals surface area (Å²) >= 11 is 0. The standard InChI is InChI=1S/C16H21N3O/c1-2-3-10-20-11-9-17-12-15-13-18-19(14-15)16-7-5-4-6-8-16/h2,4-8,13-14,17H,1,3,9-12H2. The number of nitrogens with one attached hydrogen (secondary N) is 1. The van der Waals surface area contributed by atoms with E-state index in [0.29, 0.717) is 0 Å². The molecule has 0 saturated heterocycles. The molecule has 0 bridgehead atoms. The number of rotatable bonds is 9. The largest absolute Gasteiger partial charge is 0.380 e. The van der Waals surface area contributed by atoms with Gasteiger partial charge in [0.25, 0.3) is 0 Å². The molecule has 0 aliphatic rings. The summed E-state index contributed by atoms with van der Waals surface area (Å²) in [6, 6.07) is 10.1. The van der Waals surface area contributed by atoms with Gasteiger partial charge in [-0.05, 0) is 18.6 Å². The number of ether oxygens (including phenoxy) is 1. The molecule has 106 valence electrons. The molecule has 0 aliphatic carbocycles. The average molecular weight is 271 g/mol. The lowest BCUT2D eigenvalue weighted by Crippen LogP contribution is -2.19. The molecule has 4 nitrogen and oxygen atoms in total. The molecule has 0 radical (unpaired) electrons. The minimum atomic E-state index is 0.723. The maximum Gasteiger partial charge on any atom is 0.0645 e. The van der Waals surface area contributed by atoms with E-state index in [0.717, 1.165) is 38.4 Å². The Morgan fingerprint density at radius 2 is 2.10 bits per heavy atom. The van der Waals surface area contributed by atoms with E-state index in [4.69, 9.17) is 4.74 Å². The van der Waals surface area contributed by atoms with Crippen LogP contribution in [0.25, 0.3) is 5.69 Å². The van der Waals surface area contributed by atoms with Gasteiger partial charge in [-0.1, -0.05) is 24.3 Å². The molecule has 1 aromatic heterocycles. The first-order valence-electron chi connectivity index (χ1n) is 6.88. The van der Waals surface area contributed by atoms with Crippen LogP contribution in [0.5, 0.6) is 0 Å². The summed E-state index contributed by atoms with van der Waals surface area (Å²) in [5.74, 6) is 0. The predicted molar refractivity (Wildman–Crippen MR) is 80.9 cm³/mol. The molecule has 0 spiro atoms. The van der Waals surface area contributed by atoms with E-state index in [1.54, 1.807) is 0 Å². The predicted octanol–water partition coefficient (Wildman–Crippen LogP) is 2.55. The van der Waals surface area contributed by atoms with Crippen LogP contribution in [0.15, 0.2) is 55.4 Å². The van der Waals surface area contributed by atoms with Gasteiger partial charge >= 0.3 is 0 Å². The summed E-state index contributed by atoms with van der Waals surface area (Å²) in [5.41, 5.74) is 2.24. The number of hydrogen-bond donors (Lipinski definition) is 1. The number of para-hydroxylation sites is 1. The summed E-state index contributed by atoms with van der Waals surface area (Å²) in [7, 11) is 0. The summed E-state index contributed by atoms with van der Waals surface area (Å²) < 4.78 is 7.32. The summed E-state index contributed by atoms with van der Waals surface area (Å²) in [5, 5.41) is 7.70. The maximum atomic E-state index is 5.43. The van der Waals surface area contributed by atoms with Crippen LogP contribution in [-0.2, 0) is 11.3 Å². The number of aromatic nitrogens is 2. The van der Waals surface area contributed by atoms with Gasteiger partial charge in [0.15, 0.2) is 0 Å². The van der Waals surface area contributed by atoms with Crippen LogP contribution in [-0.4, -0.2) is 29.5 Å². The molecule has 0 atom stereocenters. The Bertz CT molecular complexity index is 507. The Hall–Kier alpha value is -1.91. The van der Waals surface area contributed by atoms with Gasteiger partial charge in [0.05, 0.1) is 25.1 Å². The fraction of sp³-hybridized carbons (Fsp3) is 0.312. The van der Waals surface area contributed by atoms with E-state index in [2.05, 4.69) is 17.0 Å². The molecule has 0 fully saturated rings. The maximum absolute atomic E-state index is 5.43. The second-order valence-corrected chi connectivity index (χ2v) is 4.50. The summed E-state index contributed by atoms with van der Waals surface area (Å²) in [6.07, 6.45) is 6.70. The first-order valence-corrected chi connectivity index (χ1v) is 6.88. The van der Waals surface area contributed by atoms with Crippen molar-refractivity contribution in [2.75, 3.05) is 19.8 Å². The molecule has 2 aromatic rings. The Kier molecular flexibility index (Phi) is 6.02. The lowest BCUT2D eigenvalue weighted by molar-refractivity contribution is 0.140. The highest BCUT2D eigenvalue weighted by Gasteiger charge is 1.99. The molecule has 2 rings (SSSR count). The van der Waals surface area contributed by atoms with Crippen molar-refractivity contribution < 1.29 is 4.74 Å². The van der Waals surface area contributed by atoms with Gasteiger partial charge in [-0.2, -0.15) is 5.10 Å². The zero-order valence-corrected chi connectivity index (χ0v) is 11.7. The first kappa shape index (κ1) is 14.5. The molecular weight excluding hydrogens is 250 g/mol. The van der Waals surface area contributed by atoms with Crippen LogP contribution in [0.4, 0.5) is 0 Å². The van der Waals surface area contributed by atoms with Crippen LogP contribution < -0.4 is 5.32 Å². The van der Waals surface area contributed by atoms with Gasteiger partial charge in [-0.15, -0.1) is 6.58 Å². The molecule has 20 heavy (non-hydrogen) atoms. The second kappa shape index (κ2) is 8.30. The molecule has 1 heterocycles. The quantitative estimate of drug-likeness (QED) is 0.563. The van der Waals surface area contributed by atoms with Crippen molar-refractivity contribution in [1.29, 1.82) is 0 Å². The molecule has 0 unspecified atom stereocenters. The summed E-state index contributed by atoms with van der Waals surface area (Å²) in [4.78, 5) is 0. The Labute approximate surface area is 120 Å². The van der Waals surface area contributed by atoms with Crippen molar-refractivity contribution in [2.45, 2.75) is 13.0 Å². The van der Waals surface area contributed by atoms with Crippen LogP contribution in [0, 0.1) is 0 Å². The van der Waals surface area contributed by atoms with E-state index in [1.165, 1.54) is 5.56 Å². The van der Waals surface area contributed by atoms with Gasteiger partial charge < -0.3 is 10.1 Å². The van der Waals surface area contributed by atoms with Gasteiger partial charge in [0.2, 0.25) is 0 Å². The van der Waals surface area contributed by atoms with Crippen LogP contribution in [0.3, 0.4) is 0 Å². The van der Waals surface area contributed by atoms with Crippen molar-refractivity contribution in [2.24, 2.45) is 0 Å². The second-order valence-electron chi connectivity index (χ2n) is 4.50. The van der Waals surface area contributed by atoms with Gasteiger partial charge in [-0.3, -0.25) is 0 Å². The van der Waals surface area contributed by atoms with E-state index >= 15 is 0 Å². The lowest BCUT2D eigenvalue weighted by atomic mass is 10.3. The van der Waals surface area contributed by atoms with Crippen LogP contribution in [0.2, 0.25) is 0 Å². The monoisotopic (exact) mass is 271 g/mol. The van der Waals surface area contributed by atoms with E-state index in [9.17, 15) is 0 Å². The first-order chi connectivity index (χ1) is 9.90. The van der Waals surface area contributed by atoms with Gasteiger partial charge in [0, 0.05) is 24.8 Å². The minimum Gasteiger partial charge on any atom is -0.380 e. The molecule has 1 aromatic carbocycles. The van der Waals surface area contributed by atoms with E-state index in [-0.39, 0.29) is 0 Å². The third-order valence-electron chi connectivity index (χ3n) is 2.88. The number of hydrogen-bond acceptors (Lipinski definition) is 3. The third-order valence-corrected chi connectivity index (χ3v) is 2.88. The minimum absolute atomic E-state index is 0.723. The molecule has 4 heteroatoms. The summed E-state index contributed by atoms with van der Waals surface area (Å²) in [6.45, 7) is 6.77. The van der Waals surface area contributed by atoms with Crippen molar-refractivity contribution in [1.82, 2.24) is 15.1 Å². The zero-order valence-electron chi connectivity index (χ0n) is 11.7. The van der Waals surface area contributed by atoms with Crippen molar-refractivity contribution in [3.8, 4) is 5.69 Å². The number of benzene rings is 1. The van der Waals surface area contributed by atoms with Crippen molar-refractivity contribution >= 4 is 0 Å². The highest BCUT2D eigenvalue weighted by atomic mass is 16.5. The van der Waals surface area contributed by atoms with Crippen molar-refractivity contribution in [3.63, 3.8) is 0 Å². The fourth-order valence-electron chi connectivity index (χ4n) is 1.82. The van der Waals surface area contributed by atoms with Gasteiger partial charge in [0.1, 0.15) is 0 Å². The molecule has 1 N–H and O–H groups in total. The van der Waals surface area contributed by atoms with Crippen molar-refractivity contribution in [3.05, 3.63) is 60.9 Å². The van der Waals surface area contributed by atoms with Gasteiger partial charge in [-0.25, -0.2) is 4.68 Å². The Balaban J connectivity index is 1.70.